The average Bonchev–Trinajstić information content (AvgIpc) is 1.65. The summed E-state index contributed by atoms with van der Waals surface area (Å²) in [7, 11) is 6.30. The molecule has 16 aromatic rings. The van der Waals surface area contributed by atoms with Gasteiger partial charge in [-0.3, -0.25) is 38.4 Å². The second kappa shape index (κ2) is 43.9. The van der Waals surface area contributed by atoms with Crippen molar-refractivity contribution in [3.8, 4) is 69.0 Å². The largest absolute Gasteiger partial charge is 0.497 e. The third kappa shape index (κ3) is 23.0. The van der Waals surface area contributed by atoms with E-state index in [1.807, 2.05) is 122 Å². The van der Waals surface area contributed by atoms with Crippen molar-refractivity contribution >= 4 is 170 Å². The standard InChI is InChI=1S/C26H17F3O5S.C26H19FO5S.C26H20O5S.C24H18O5S2/c1-32-18-10-11-20-22(14-18)35-25(23(31)19-4-2-3-5-21(19)26(27,28)29)24(20)34-17-8-6-16(7-9-17)12-13-33-15-30;1-16-3-6-18(27)13-22(16)24(29)26-25(21-10-9-20(30-2)14-23(21)33-26)32-19-7-4-17(5-8-19)11-12-31-15-28;1-17-5-3-4-6-21(17)24(28)26-25(22-12-11-20(29-2)15-23(22)32-26)31-19-9-7-18(8-10-19)13-14-30-16-27;1-15-10-12-30-23(15)21(26)24-22(19-8-7-18(27-2)13-20(19)31-24)29-17-5-3-16(4-6-17)9-11-28-14-25/h2-15H,1H3;3-15H,1-2H3;3-16H,1-2H3;3-14H,1-2H3/b13-12+;12-11+;14-13+;11-9+. The van der Waals surface area contributed by atoms with Gasteiger partial charge in [0.05, 0.1) is 63.9 Å². The summed E-state index contributed by atoms with van der Waals surface area (Å²) in [4.78, 5) is 96.8. The van der Waals surface area contributed by atoms with Gasteiger partial charge in [0.15, 0.2) is 23.0 Å². The Morgan fingerprint density at radius 2 is 0.603 bits per heavy atom. The predicted octanol–water partition coefficient (Wildman–Crippen LogP) is 26.5. The molecule has 29 heteroatoms. The van der Waals surface area contributed by atoms with Gasteiger partial charge in [0, 0.05) is 57.0 Å². The molecule has 11 aromatic carbocycles. The Bertz CT molecular complexity index is 7000. The first-order chi connectivity index (χ1) is 63.5. The maximum Gasteiger partial charge on any atom is 0.417 e. The van der Waals surface area contributed by atoms with E-state index in [1.54, 1.807) is 156 Å². The molecule has 5 aromatic heterocycles. The number of aryl methyl sites for hydroxylation is 3. The van der Waals surface area contributed by atoms with Gasteiger partial charge in [-0.1, -0.05) is 97.1 Å². The Kier molecular flexibility index (Phi) is 31.2. The number of ketones is 4. The Morgan fingerprint density at radius 3 is 0.916 bits per heavy atom. The molecule has 0 fully saturated rings. The van der Waals surface area contributed by atoms with E-state index >= 15 is 0 Å². The molecule has 0 aliphatic heterocycles. The van der Waals surface area contributed by atoms with Crippen molar-refractivity contribution in [1.82, 2.24) is 0 Å². The number of methoxy groups -OCH3 is 4. The van der Waals surface area contributed by atoms with Gasteiger partial charge in [-0.2, -0.15) is 13.2 Å². The molecule has 0 unspecified atom stereocenters. The molecule has 0 amide bonds. The van der Waals surface area contributed by atoms with Crippen LogP contribution in [0.3, 0.4) is 0 Å². The molecular weight excluding hydrogens is 1780 g/mol. The summed E-state index contributed by atoms with van der Waals surface area (Å²) in [5.41, 5.74) is 5.20. The number of ether oxygens (including phenoxy) is 12. The van der Waals surface area contributed by atoms with Crippen LogP contribution in [-0.4, -0.2) is 77.5 Å². The summed E-state index contributed by atoms with van der Waals surface area (Å²) in [5.74, 6) is 4.61. The normalized spacial score (nSPS) is 11.1. The lowest BCUT2D eigenvalue weighted by atomic mass is 10.0. The zero-order chi connectivity index (χ0) is 92.7. The van der Waals surface area contributed by atoms with Crippen LogP contribution in [0.1, 0.15) is 105 Å². The van der Waals surface area contributed by atoms with E-state index in [9.17, 15) is 55.9 Å². The molecule has 131 heavy (non-hydrogen) atoms. The van der Waals surface area contributed by atoms with Crippen molar-refractivity contribution in [1.29, 1.82) is 0 Å². The molecule has 0 radical (unpaired) electrons. The van der Waals surface area contributed by atoms with Gasteiger partial charge in [-0.25, -0.2) is 4.39 Å². The lowest BCUT2D eigenvalue weighted by Crippen LogP contribution is -2.13. The van der Waals surface area contributed by atoms with Crippen molar-refractivity contribution < 1.29 is 113 Å². The van der Waals surface area contributed by atoms with E-state index in [2.05, 4.69) is 18.9 Å². The highest BCUT2D eigenvalue weighted by molar-refractivity contribution is 7.23. The number of alkyl halides is 3. The van der Waals surface area contributed by atoms with Gasteiger partial charge in [0.2, 0.25) is 23.1 Å². The van der Waals surface area contributed by atoms with Gasteiger partial charge in [0.1, 0.15) is 71.3 Å². The Hall–Kier alpha value is -15.4. The quantitative estimate of drug-likeness (QED) is 0.0125. The average molecular weight is 1860 g/mol. The third-order valence-electron chi connectivity index (χ3n) is 19.6. The number of halogens is 4. The van der Waals surface area contributed by atoms with Gasteiger partial charge in [0.25, 0.3) is 25.9 Å². The fraction of sp³-hybridized carbons (Fsp3) is 0.0784. The smallest absolute Gasteiger partial charge is 0.417 e. The van der Waals surface area contributed by atoms with Crippen molar-refractivity contribution in [2.75, 3.05) is 28.4 Å². The summed E-state index contributed by atoms with van der Waals surface area (Å²) >= 11 is 6.51. The molecule has 0 atom stereocenters. The van der Waals surface area contributed by atoms with Crippen LogP contribution in [0.2, 0.25) is 0 Å². The first-order valence-electron chi connectivity index (χ1n) is 39.3. The number of fused-ring (bicyclic) bond motifs is 4. The van der Waals surface area contributed by atoms with E-state index in [4.69, 9.17) is 37.9 Å². The number of rotatable bonds is 32. The Labute approximate surface area is 766 Å². The van der Waals surface area contributed by atoms with Crippen LogP contribution in [-0.2, 0) is 44.3 Å². The van der Waals surface area contributed by atoms with Crippen molar-refractivity contribution in [3.63, 3.8) is 0 Å². The van der Waals surface area contributed by atoms with E-state index < -0.39 is 28.9 Å². The fourth-order valence-corrected chi connectivity index (χ4v) is 18.4. The van der Waals surface area contributed by atoms with Crippen LogP contribution >= 0.6 is 56.7 Å². The Balaban J connectivity index is 0.000000149. The first kappa shape index (κ1) is 93.2. The summed E-state index contributed by atoms with van der Waals surface area (Å²) in [6.07, 6.45) is 6.95. The van der Waals surface area contributed by atoms with Crippen LogP contribution in [0.25, 0.3) is 64.6 Å². The van der Waals surface area contributed by atoms with E-state index in [0.29, 0.717) is 124 Å². The van der Waals surface area contributed by atoms with Crippen molar-refractivity contribution in [2.45, 2.75) is 26.9 Å². The highest BCUT2D eigenvalue weighted by Crippen LogP contribution is 2.49. The molecule has 660 valence electrons. The minimum Gasteiger partial charge on any atom is -0.497 e. The van der Waals surface area contributed by atoms with E-state index in [1.165, 1.54) is 102 Å². The molecule has 5 heterocycles. The monoisotopic (exact) mass is 1850 g/mol. The van der Waals surface area contributed by atoms with Crippen LogP contribution in [0.5, 0.6) is 69.0 Å². The number of benzene rings is 11. The first-order valence-corrected chi connectivity index (χ1v) is 43.4. The van der Waals surface area contributed by atoms with E-state index in [0.717, 1.165) is 92.9 Å². The minimum absolute atomic E-state index is 0.0355. The lowest BCUT2D eigenvalue weighted by molar-refractivity contribution is -0.138. The molecule has 20 nitrogen and oxygen atoms in total. The summed E-state index contributed by atoms with van der Waals surface area (Å²) in [6.45, 7) is 6.97. The summed E-state index contributed by atoms with van der Waals surface area (Å²) in [6, 6.07) is 68.4. The summed E-state index contributed by atoms with van der Waals surface area (Å²) < 4.78 is 122. The van der Waals surface area contributed by atoms with Crippen molar-refractivity contribution in [2.24, 2.45) is 0 Å². The molecule has 0 bridgehead atoms. The molecule has 0 aliphatic rings. The van der Waals surface area contributed by atoms with Gasteiger partial charge in [-0.05, 0) is 235 Å². The maximum absolute atomic E-state index is 13.9. The molecule has 0 saturated carbocycles. The molecular formula is C102H74F4O20S5. The summed E-state index contributed by atoms with van der Waals surface area (Å²) in [5, 5.41) is 4.93. The number of carbonyl (C=O) groups excluding carboxylic acids is 8. The van der Waals surface area contributed by atoms with Crippen LogP contribution in [0.4, 0.5) is 17.6 Å². The highest BCUT2D eigenvalue weighted by atomic mass is 32.1. The van der Waals surface area contributed by atoms with Crippen LogP contribution in [0.15, 0.2) is 273 Å². The number of hydrogen-bond donors (Lipinski definition) is 0. The van der Waals surface area contributed by atoms with Gasteiger partial charge in [-0.15, -0.1) is 56.7 Å². The maximum atomic E-state index is 13.9. The molecule has 16 rings (SSSR count). The minimum atomic E-state index is -4.69. The SMILES string of the molecule is COc1ccc2c(Oc3ccc(/C=C/OC=O)cc3)c(C(=O)c3cc(F)ccc3C)sc2c1.COc1ccc2c(Oc3ccc(/C=C/OC=O)cc3)c(C(=O)c3ccccc3C(F)(F)F)sc2c1.COc1ccc2c(Oc3ccc(/C=C/OC=O)cc3)c(C(=O)c3ccccc3C)sc2c1.COc1ccc2c(Oc3ccc(/C=C/OC=O)cc3)c(C(=O)c3sccc3C)sc2c1. The van der Waals surface area contributed by atoms with Crippen LogP contribution < -0.4 is 37.9 Å². The zero-order valence-corrected chi connectivity index (χ0v) is 74.4. The second-order valence-corrected chi connectivity index (χ2v) is 33.0. The number of hydrogen-bond acceptors (Lipinski definition) is 25. The highest BCUT2D eigenvalue weighted by Gasteiger charge is 2.37. The van der Waals surface area contributed by atoms with Crippen molar-refractivity contribution in [3.05, 3.63) is 364 Å². The zero-order valence-electron chi connectivity index (χ0n) is 70.3. The fourth-order valence-electron chi connectivity index (χ4n) is 13.1. The van der Waals surface area contributed by atoms with Gasteiger partial charge < -0.3 is 56.8 Å². The topological polar surface area (TPSA) is 247 Å². The molecule has 0 saturated heterocycles. The number of carbonyl (C=O) groups is 8. The lowest BCUT2D eigenvalue weighted by Gasteiger charge is -2.12. The predicted molar refractivity (Wildman–Crippen MR) is 501 cm³/mol. The van der Waals surface area contributed by atoms with Crippen LogP contribution in [0, 0.1) is 26.6 Å². The molecule has 0 aliphatic carbocycles. The van der Waals surface area contributed by atoms with Gasteiger partial charge >= 0.3 is 6.18 Å². The molecule has 0 spiro atoms. The Morgan fingerprint density at radius 1 is 0.305 bits per heavy atom. The number of thiophene rings is 5. The third-order valence-corrected chi connectivity index (χ3v) is 25.1. The molecule has 0 N–H and O–H groups in total. The van der Waals surface area contributed by atoms with E-state index in [-0.39, 0.29) is 33.5 Å². The second-order valence-electron chi connectivity index (χ2n) is 27.9.